The molecule has 1 N–H and O–H groups in total. The lowest BCUT2D eigenvalue weighted by Crippen LogP contribution is -2.41. The van der Waals surface area contributed by atoms with Crippen LogP contribution in [0.25, 0.3) is 0 Å². The van der Waals surface area contributed by atoms with E-state index in [4.69, 9.17) is 28.3 Å². The molecule has 0 radical (unpaired) electrons. The van der Waals surface area contributed by atoms with Gasteiger partial charge in [0.25, 0.3) is 5.56 Å². The van der Waals surface area contributed by atoms with Crippen molar-refractivity contribution in [3.63, 3.8) is 0 Å². The summed E-state index contributed by atoms with van der Waals surface area (Å²) in [4.78, 5) is 26.4. The van der Waals surface area contributed by atoms with Gasteiger partial charge >= 0.3 is 13.3 Å². The van der Waals surface area contributed by atoms with Gasteiger partial charge < -0.3 is 23.0 Å². The van der Waals surface area contributed by atoms with Gasteiger partial charge in [-0.25, -0.2) is 4.79 Å². The maximum atomic E-state index is 12.6. The molecule has 0 bridgehead atoms. The SMILES string of the molecule is COP(=O)(CCO[C@H]1CO[C@@H](n2ccc(=O)[nH]c2=O)[C@@H]1OP(CCCC#N)N(C(C)C)C(C)C)OC. The Balaban J connectivity index is 2.36. The number of nitrogens with zero attached hydrogens (tertiary/aromatic N) is 3. The van der Waals surface area contributed by atoms with Crippen LogP contribution >= 0.6 is 15.9 Å². The summed E-state index contributed by atoms with van der Waals surface area (Å²) in [5, 5.41) is 9.06. The molecule has 1 unspecified atom stereocenters. The van der Waals surface area contributed by atoms with E-state index in [0.717, 1.165) is 0 Å². The summed E-state index contributed by atoms with van der Waals surface area (Å²) in [6.07, 6.45) is 0.980. The molecule has 36 heavy (non-hydrogen) atoms. The molecule has 2 heterocycles. The molecule has 0 aromatic carbocycles. The summed E-state index contributed by atoms with van der Waals surface area (Å²) in [7, 11) is -1.84. The largest absolute Gasteiger partial charge is 0.372 e. The van der Waals surface area contributed by atoms with E-state index in [1.165, 1.54) is 31.0 Å². The van der Waals surface area contributed by atoms with Crippen molar-refractivity contribution >= 4 is 15.9 Å². The van der Waals surface area contributed by atoms with E-state index in [9.17, 15) is 14.2 Å². The average molecular weight is 549 g/mol. The van der Waals surface area contributed by atoms with E-state index in [-0.39, 0.29) is 31.5 Å². The Hall–Kier alpha value is -1.41. The van der Waals surface area contributed by atoms with Crippen LogP contribution in [0.2, 0.25) is 0 Å². The van der Waals surface area contributed by atoms with E-state index in [2.05, 4.69) is 43.4 Å². The fraction of sp³-hybridized carbons (Fsp3) is 0.773. The molecule has 4 atom stereocenters. The second kappa shape index (κ2) is 14.5. The van der Waals surface area contributed by atoms with Gasteiger partial charge in [-0.05, 0) is 34.1 Å². The van der Waals surface area contributed by atoms with Gasteiger partial charge in [0.2, 0.25) is 0 Å². The van der Waals surface area contributed by atoms with Crippen molar-refractivity contribution in [1.29, 1.82) is 5.26 Å². The molecule has 1 aliphatic rings. The smallest absolute Gasteiger partial charge is 0.332 e. The van der Waals surface area contributed by atoms with E-state index < -0.39 is 45.6 Å². The van der Waals surface area contributed by atoms with Crippen LogP contribution in [0.15, 0.2) is 21.9 Å². The molecule has 1 aromatic heterocycles. The third-order valence-corrected chi connectivity index (χ3v) is 10.1. The maximum absolute atomic E-state index is 12.6. The van der Waals surface area contributed by atoms with Crippen LogP contribution in [-0.2, 0) is 27.6 Å². The normalized spacial score (nSPS) is 21.4. The Bertz CT molecular complexity index is 1010. The molecule has 0 saturated carbocycles. The number of H-pyrrole nitrogens is 1. The van der Waals surface area contributed by atoms with Crippen LogP contribution in [0.4, 0.5) is 0 Å². The first-order valence-corrected chi connectivity index (χ1v) is 15.0. The first-order valence-electron chi connectivity index (χ1n) is 11.9. The topological polar surface area (TPSA) is 145 Å². The summed E-state index contributed by atoms with van der Waals surface area (Å²) >= 11 is 0. The van der Waals surface area contributed by atoms with Gasteiger partial charge in [-0.3, -0.25) is 23.6 Å². The highest BCUT2D eigenvalue weighted by Gasteiger charge is 2.44. The van der Waals surface area contributed by atoms with Crippen molar-refractivity contribution < 1.29 is 27.6 Å². The van der Waals surface area contributed by atoms with Crippen molar-refractivity contribution in [1.82, 2.24) is 14.2 Å². The van der Waals surface area contributed by atoms with Crippen molar-refractivity contribution in [2.75, 3.05) is 39.8 Å². The van der Waals surface area contributed by atoms with Gasteiger partial charge in [0.05, 0.1) is 25.4 Å². The molecular formula is C22H38N4O8P2. The molecule has 14 heteroatoms. The zero-order chi connectivity index (χ0) is 26.9. The molecule has 1 aliphatic heterocycles. The fourth-order valence-corrected chi connectivity index (χ4v) is 7.31. The van der Waals surface area contributed by atoms with Crippen LogP contribution in [0.5, 0.6) is 0 Å². The van der Waals surface area contributed by atoms with Gasteiger partial charge in [-0.1, -0.05) is 0 Å². The van der Waals surface area contributed by atoms with Crippen LogP contribution < -0.4 is 11.2 Å². The second-order valence-corrected chi connectivity index (χ2v) is 13.0. The summed E-state index contributed by atoms with van der Waals surface area (Å²) < 4.78 is 44.6. The molecule has 0 spiro atoms. The molecular weight excluding hydrogens is 510 g/mol. The number of hydrogen-bond donors (Lipinski definition) is 1. The number of ether oxygens (including phenoxy) is 2. The van der Waals surface area contributed by atoms with Gasteiger partial charge in [-0.15, -0.1) is 0 Å². The summed E-state index contributed by atoms with van der Waals surface area (Å²) in [6, 6.07) is 3.76. The summed E-state index contributed by atoms with van der Waals surface area (Å²) in [5.74, 6) is 0. The zero-order valence-corrected chi connectivity index (χ0v) is 23.6. The Kier molecular flexibility index (Phi) is 12.4. The molecule has 0 amide bonds. The molecule has 1 aromatic rings. The molecule has 2 rings (SSSR count). The second-order valence-electron chi connectivity index (χ2n) is 8.83. The van der Waals surface area contributed by atoms with Crippen LogP contribution in [0.3, 0.4) is 0 Å². The lowest BCUT2D eigenvalue weighted by atomic mass is 10.2. The Labute approximate surface area is 213 Å². The number of hydrogen-bond acceptors (Lipinski definition) is 10. The fourth-order valence-electron chi connectivity index (χ4n) is 4.04. The van der Waals surface area contributed by atoms with Crippen LogP contribution in [0.1, 0.15) is 46.8 Å². The monoisotopic (exact) mass is 548 g/mol. The Morgan fingerprint density at radius 2 is 1.94 bits per heavy atom. The minimum absolute atomic E-state index is 0.0353. The van der Waals surface area contributed by atoms with E-state index >= 15 is 0 Å². The molecule has 0 aliphatic carbocycles. The van der Waals surface area contributed by atoms with Gasteiger partial charge in [0.1, 0.15) is 20.5 Å². The summed E-state index contributed by atoms with van der Waals surface area (Å²) in [5.41, 5.74) is -1.14. The van der Waals surface area contributed by atoms with Gasteiger partial charge in [0, 0.05) is 51.1 Å². The minimum Gasteiger partial charge on any atom is -0.372 e. The van der Waals surface area contributed by atoms with Crippen molar-refractivity contribution in [3.05, 3.63) is 33.1 Å². The minimum atomic E-state index is -3.27. The number of rotatable bonds is 15. The molecule has 1 saturated heterocycles. The lowest BCUT2D eigenvalue weighted by Gasteiger charge is -2.39. The Morgan fingerprint density at radius 1 is 1.28 bits per heavy atom. The Morgan fingerprint density at radius 3 is 2.50 bits per heavy atom. The van der Waals surface area contributed by atoms with Crippen LogP contribution in [0, 0.1) is 11.3 Å². The quantitative estimate of drug-likeness (QED) is 0.256. The third kappa shape index (κ3) is 8.30. The highest BCUT2D eigenvalue weighted by molar-refractivity contribution is 7.53. The number of aromatic nitrogens is 2. The van der Waals surface area contributed by atoms with Gasteiger partial charge in [-0.2, -0.15) is 5.26 Å². The zero-order valence-electron chi connectivity index (χ0n) is 21.8. The van der Waals surface area contributed by atoms with E-state index in [1.54, 1.807) is 0 Å². The standard InChI is InChI=1S/C22H38N4O8P2/c1-16(2)26(17(3)4)35(13-8-7-10-23)34-20-18(32-12-14-36(29,30-5)31-6)15-33-21(20)25-11-9-19(27)24-22(25)28/h9,11,16-18,20-21H,7-8,12-15H2,1-6H3,(H,24,27,28)/t18-,20+,21+,35?/m0/s1. The average Bonchev–Trinajstić information content (AvgIpc) is 3.20. The van der Waals surface area contributed by atoms with Crippen molar-refractivity contribution in [2.24, 2.45) is 0 Å². The first-order chi connectivity index (χ1) is 17.1. The van der Waals surface area contributed by atoms with Crippen molar-refractivity contribution in [2.45, 2.75) is 71.1 Å². The lowest BCUT2D eigenvalue weighted by molar-refractivity contribution is -0.0199. The predicted molar refractivity (Wildman–Crippen MR) is 136 cm³/mol. The van der Waals surface area contributed by atoms with Gasteiger partial charge in [0.15, 0.2) is 6.23 Å². The highest BCUT2D eigenvalue weighted by atomic mass is 31.2. The van der Waals surface area contributed by atoms with E-state index in [0.29, 0.717) is 19.0 Å². The van der Waals surface area contributed by atoms with Crippen LogP contribution in [-0.4, -0.2) is 78.3 Å². The van der Waals surface area contributed by atoms with E-state index in [1.807, 2.05) is 0 Å². The molecule has 204 valence electrons. The summed E-state index contributed by atoms with van der Waals surface area (Å²) in [6.45, 7) is 8.51. The maximum Gasteiger partial charge on any atom is 0.332 e. The number of nitriles is 1. The molecule has 1 fully saturated rings. The number of unbranched alkanes of at least 4 members (excludes halogenated alkanes) is 1. The number of aromatic amines is 1. The highest BCUT2D eigenvalue weighted by Crippen LogP contribution is 2.50. The third-order valence-electron chi connectivity index (χ3n) is 5.65. The van der Waals surface area contributed by atoms with Crippen molar-refractivity contribution in [3.8, 4) is 6.07 Å². The molecule has 12 nitrogen and oxygen atoms in total. The predicted octanol–water partition coefficient (Wildman–Crippen LogP) is 3.06. The number of nitrogens with one attached hydrogen (secondary N) is 1. The first kappa shape index (κ1) is 30.8.